The van der Waals surface area contributed by atoms with E-state index in [-0.39, 0.29) is 18.4 Å². The summed E-state index contributed by atoms with van der Waals surface area (Å²) in [5, 5.41) is 11.6. The fraction of sp³-hybridized carbons (Fsp3) is 0.438. The zero-order valence-electron chi connectivity index (χ0n) is 13.3. The van der Waals surface area contributed by atoms with Gasteiger partial charge < -0.3 is 15.3 Å². The molecule has 0 fully saturated rings. The van der Waals surface area contributed by atoms with E-state index in [9.17, 15) is 14.4 Å². The standard InChI is InChI=1S/C16H22N2O4/c1-11(14(20)21)10-18(4)15(22)16(2,3)17-13(19)12-8-6-5-7-9-12/h5-9,11H,10H2,1-4H3,(H,17,19)(H,20,21). The van der Waals surface area contributed by atoms with E-state index in [1.807, 2.05) is 0 Å². The van der Waals surface area contributed by atoms with Gasteiger partial charge in [0, 0.05) is 19.2 Å². The van der Waals surface area contributed by atoms with Crippen LogP contribution in [0.2, 0.25) is 0 Å². The van der Waals surface area contributed by atoms with Crippen molar-refractivity contribution in [2.24, 2.45) is 5.92 Å². The van der Waals surface area contributed by atoms with E-state index in [0.29, 0.717) is 5.56 Å². The number of carbonyl (C=O) groups is 3. The smallest absolute Gasteiger partial charge is 0.308 e. The highest BCUT2D eigenvalue weighted by Gasteiger charge is 2.33. The van der Waals surface area contributed by atoms with Crippen LogP contribution in [-0.2, 0) is 9.59 Å². The Morgan fingerprint density at radius 1 is 1.23 bits per heavy atom. The molecule has 0 aliphatic heterocycles. The number of hydrogen-bond donors (Lipinski definition) is 2. The molecule has 0 spiro atoms. The highest BCUT2D eigenvalue weighted by Crippen LogP contribution is 2.11. The van der Waals surface area contributed by atoms with E-state index in [4.69, 9.17) is 5.11 Å². The number of aliphatic carboxylic acids is 1. The van der Waals surface area contributed by atoms with Crippen molar-refractivity contribution in [2.45, 2.75) is 26.3 Å². The van der Waals surface area contributed by atoms with Gasteiger partial charge in [0.05, 0.1) is 5.92 Å². The number of benzene rings is 1. The SMILES string of the molecule is CC(CN(C)C(=O)C(C)(C)NC(=O)c1ccccc1)C(=O)O. The highest BCUT2D eigenvalue weighted by molar-refractivity contribution is 5.98. The summed E-state index contributed by atoms with van der Waals surface area (Å²) in [7, 11) is 1.53. The molecule has 0 heterocycles. The van der Waals surface area contributed by atoms with Crippen LogP contribution in [0.5, 0.6) is 0 Å². The minimum atomic E-state index is -1.13. The van der Waals surface area contributed by atoms with E-state index in [1.165, 1.54) is 18.9 Å². The summed E-state index contributed by atoms with van der Waals surface area (Å²) >= 11 is 0. The molecule has 1 aromatic carbocycles. The lowest BCUT2D eigenvalue weighted by Gasteiger charge is -2.31. The van der Waals surface area contributed by atoms with E-state index >= 15 is 0 Å². The summed E-state index contributed by atoms with van der Waals surface area (Å²) in [5.41, 5.74) is -0.662. The van der Waals surface area contributed by atoms with Gasteiger partial charge in [0.25, 0.3) is 5.91 Å². The quantitative estimate of drug-likeness (QED) is 0.831. The maximum atomic E-state index is 12.4. The van der Waals surface area contributed by atoms with E-state index < -0.39 is 17.4 Å². The van der Waals surface area contributed by atoms with Gasteiger partial charge in [0.2, 0.25) is 5.91 Å². The van der Waals surface area contributed by atoms with E-state index in [0.717, 1.165) is 0 Å². The molecule has 1 aromatic rings. The second kappa shape index (κ2) is 7.06. The number of carbonyl (C=O) groups excluding carboxylic acids is 2. The first-order chi connectivity index (χ1) is 10.1. The monoisotopic (exact) mass is 306 g/mol. The third-order valence-electron chi connectivity index (χ3n) is 3.31. The molecule has 0 aliphatic carbocycles. The topological polar surface area (TPSA) is 86.7 Å². The van der Waals surface area contributed by atoms with Crippen molar-refractivity contribution < 1.29 is 19.5 Å². The lowest BCUT2D eigenvalue weighted by atomic mass is 10.0. The number of rotatable bonds is 6. The van der Waals surface area contributed by atoms with Crippen molar-refractivity contribution in [1.82, 2.24) is 10.2 Å². The summed E-state index contributed by atoms with van der Waals surface area (Å²) < 4.78 is 0. The van der Waals surface area contributed by atoms with Crippen molar-refractivity contribution >= 4 is 17.8 Å². The van der Waals surface area contributed by atoms with Crippen LogP contribution >= 0.6 is 0 Å². The molecule has 1 rings (SSSR count). The van der Waals surface area contributed by atoms with Gasteiger partial charge in [-0.1, -0.05) is 25.1 Å². The molecule has 0 radical (unpaired) electrons. The zero-order valence-corrected chi connectivity index (χ0v) is 13.3. The number of carboxylic acids is 1. The molecule has 0 aliphatic rings. The Balaban J connectivity index is 2.74. The Morgan fingerprint density at radius 3 is 2.27 bits per heavy atom. The Kier molecular flexibility index (Phi) is 5.68. The van der Waals surface area contributed by atoms with Gasteiger partial charge in [-0.3, -0.25) is 14.4 Å². The van der Waals surface area contributed by atoms with Crippen molar-refractivity contribution in [3.63, 3.8) is 0 Å². The minimum Gasteiger partial charge on any atom is -0.481 e. The van der Waals surface area contributed by atoms with Crippen molar-refractivity contribution in [2.75, 3.05) is 13.6 Å². The van der Waals surface area contributed by atoms with Gasteiger partial charge in [0.1, 0.15) is 5.54 Å². The predicted molar refractivity (Wildman–Crippen MR) is 82.4 cm³/mol. The normalized spacial score (nSPS) is 12.4. The van der Waals surface area contributed by atoms with Crippen LogP contribution in [-0.4, -0.2) is 46.9 Å². The van der Waals surface area contributed by atoms with Crippen LogP contribution in [0.3, 0.4) is 0 Å². The predicted octanol–water partition coefficient (Wildman–Crippen LogP) is 1.37. The molecule has 22 heavy (non-hydrogen) atoms. The summed E-state index contributed by atoms with van der Waals surface area (Å²) in [6.07, 6.45) is 0. The molecule has 1 atom stereocenters. The molecular formula is C16H22N2O4. The summed E-state index contributed by atoms with van der Waals surface area (Å²) in [4.78, 5) is 36.7. The molecule has 120 valence electrons. The van der Waals surface area contributed by atoms with Gasteiger partial charge >= 0.3 is 5.97 Å². The number of nitrogens with zero attached hydrogens (tertiary/aromatic N) is 1. The van der Waals surface area contributed by atoms with Gasteiger partial charge in [-0.15, -0.1) is 0 Å². The van der Waals surface area contributed by atoms with Gasteiger partial charge in [-0.25, -0.2) is 0 Å². The Labute approximate surface area is 130 Å². The van der Waals surface area contributed by atoms with Crippen molar-refractivity contribution in [1.29, 1.82) is 0 Å². The largest absolute Gasteiger partial charge is 0.481 e. The molecule has 2 amide bonds. The number of amides is 2. The van der Waals surface area contributed by atoms with E-state index in [2.05, 4.69) is 5.32 Å². The lowest BCUT2D eigenvalue weighted by Crippen LogP contribution is -2.55. The first kappa shape index (κ1) is 17.7. The maximum Gasteiger partial charge on any atom is 0.308 e. The third-order valence-corrected chi connectivity index (χ3v) is 3.31. The minimum absolute atomic E-state index is 0.0821. The van der Waals surface area contributed by atoms with Crippen LogP contribution in [0.1, 0.15) is 31.1 Å². The average Bonchev–Trinajstić information content (AvgIpc) is 2.46. The fourth-order valence-corrected chi connectivity index (χ4v) is 2.05. The molecule has 1 unspecified atom stereocenters. The van der Waals surface area contributed by atoms with Gasteiger partial charge in [-0.2, -0.15) is 0 Å². The Morgan fingerprint density at radius 2 is 1.77 bits per heavy atom. The van der Waals surface area contributed by atoms with E-state index in [1.54, 1.807) is 44.2 Å². The van der Waals surface area contributed by atoms with Crippen LogP contribution in [0.15, 0.2) is 30.3 Å². The average molecular weight is 306 g/mol. The first-order valence-electron chi connectivity index (χ1n) is 7.01. The second-order valence-electron chi connectivity index (χ2n) is 5.87. The first-order valence-corrected chi connectivity index (χ1v) is 7.01. The lowest BCUT2D eigenvalue weighted by molar-refractivity contribution is -0.143. The number of likely N-dealkylation sites (N-methyl/N-ethyl adjacent to an activating group) is 1. The van der Waals surface area contributed by atoms with Crippen molar-refractivity contribution in [3.05, 3.63) is 35.9 Å². The van der Waals surface area contributed by atoms with Crippen LogP contribution in [0, 0.1) is 5.92 Å². The van der Waals surface area contributed by atoms with Gasteiger partial charge in [0.15, 0.2) is 0 Å². The molecule has 0 aromatic heterocycles. The van der Waals surface area contributed by atoms with Gasteiger partial charge in [-0.05, 0) is 26.0 Å². The number of hydrogen-bond acceptors (Lipinski definition) is 3. The number of nitrogens with one attached hydrogen (secondary N) is 1. The Bertz CT molecular complexity index is 555. The third kappa shape index (κ3) is 4.58. The molecule has 6 heteroatoms. The molecule has 0 bridgehead atoms. The van der Waals surface area contributed by atoms with Crippen molar-refractivity contribution in [3.8, 4) is 0 Å². The molecule has 0 saturated heterocycles. The summed E-state index contributed by atoms with van der Waals surface area (Å²) in [5.74, 6) is -2.33. The molecule has 2 N–H and O–H groups in total. The second-order valence-corrected chi connectivity index (χ2v) is 5.87. The fourth-order valence-electron chi connectivity index (χ4n) is 2.05. The number of carboxylic acid groups (broad SMARTS) is 1. The van der Waals surface area contributed by atoms with Crippen LogP contribution in [0.25, 0.3) is 0 Å². The maximum absolute atomic E-state index is 12.4. The zero-order chi connectivity index (χ0) is 16.9. The highest BCUT2D eigenvalue weighted by atomic mass is 16.4. The Hall–Kier alpha value is -2.37. The summed E-state index contributed by atoms with van der Waals surface area (Å²) in [6, 6.07) is 8.60. The van der Waals surface area contributed by atoms with Crippen LogP contribution in [0.4, 0.5) is 0 Å². The van der Waals surface area contributed by atoms with Crippen LogP contribution < -0.4 is 5.32 Å². The molecule has 6 nitrogen and oxygen atoms in total. The molecule has 0 saturated carbocycles. The molecular weight excluding hydrogens is 284 g/mol. The summed E-state index contributed by atoms with van der Waals surface area (Å²) in [6.45, 7) is 4.80.